The van der Waals surface area contributed by atoms with Crippen LogP contribution in [0, 0.1) is 17.8 Å². The van der Waals surface area contributed by atoms with Gasteiger partial charge in [0.2, 0.25) is 5.91 Å². The van der Waals surface area contributed by atoms with Crippen molar-refractivity contribution >= 4 is 29.8 Å². The molecule has 1 saturated heterocycles. The van der Waals surface area contributed by atoms with Crippen molar-refractivity contribution < 1.29 is 44.4 Å². The highest BCUT2D eigenvalue weighted by atomic mass is 16.4. The van der Waals surface area contributed by atoms with Crippen molar-refractivity contribution in [1.29, 1.82) is 0 Å². The predicted molar refractivity (Wildman–Crippen MR) is 155 cm³/mol. The smallest absolute Gasteiger partial charge is 0.322 e. The van der Waals surface area contributed by atoms with Gasteiger partial charge < -0.3 is 25.7 Å². The topological polar surface area (TPSA) is 191 Å². The van der Waals surface area contributed by atoms with Gasteiger partial charge in [-0.2, -0.15) is 0 Å². The Morgan fingerprint density at radius 3 is 1.00 bits per heavy atom. The number of amides is 1. The van der Waals surface area contributed by atoms with Crippen molar-refractivity contribution in [3.05, 3.63) is 0 Å². The van der Waals surface area contributed by atoms with Crippen LogP contribution in [0.2, 0.25) is 0 Å². The van der Waals surface area contributed by atoms with Crippen LogP contribution in [0.1, 0.15) is 48.5 Å². The van der Waals surface area contributed by atoms with Crippen LogP contribution < -0.4 is 5.32 Å². The van der Waals surface area contributed by atoms with E-state index in [4.69, 9.17) is 5.11 Å². The van der Waals surface area contributed by atoms with E-state index >= 15 is 0 Å². The Hall–Kier alpha value is -2.81. The lowest BCUT2D eigenvalue weighted by Gasteiger charge is -2.41. The van der Waals surface area contributed by atoms with Gasteiger partial charge in [0.05, 0.1) is 6.04 Å². The summed E-state index contributed by atoms with van der Waals surface area (Å²) in [5, 5.41) is 41.6. The summed E-state index contributed by atoms with van der Waals surface area (Å²) in [5.41, 5.74) is 0. The first-order valence-electron chi connectivity index (χ1n) is 14.6. The van der Waals surface area contributed by atoms with Crippen molar-refractivity contribution in [1.82, 2.24) is 24.9 Å². The highest BCUT2D eigenvalue weighted by molar-refractivity contribution is 5.84. The number of nitrogens with zero attached hydrogens (tertiary/aromatic N) is 4. The third kappa shape index (κ3) is 11.1. The monoisotopic (exact) mass is 601 g/mol. The maximum Gasteiger partial charge on any atom is 0.322 e. The van der Waals surface area contributed by atoms with E-state index in [2.05, 4.69) is 5.32 Å². The third-order valence-corrected chi connectivity index (χ3v) is 7.87. The number of carboxylic acid groups (broad SMARTS) is 4. The minimum Gasteiger partial charge on any atom is -0.480 e. The van der Waals surface area contributed by atoms with Crippen molar-refractivity contribution in [2.24, 2.45) is 17.8 Å². The molecule has 14 nitrogen and oxygen atoms in total. The highest BCUT2D eigenvalue weighted by Gasteiger charge is 2.36. The van der Waals surface area contributed by atoms with Gasteiger partial charge >= 0.3 is 23.9 Å². The van der Waals surface area contributed by atoms with Gasteiger partial charge in [-0.05, 0) is 24.7 Å². The van der Waals surface area contributed by atoms with E-state index in [0.717, 1.165) is 0 Å². The van der Waals surface area contributed by atoms with Crippen molar-refractivity contribution in [2.75, 3.05) is 58.9 Å². The molecule has 4 unspecified atom stereocenters. The molecule has 1 fully saturated rings. The van der Waals surface area contributed by atoms with Crippen molar-refractivity contribution in [3.63, 3.8) is 0 Å². The Morgan fingerprint density at radius 1 is 0.524 bits per heavy atom. The fourth-order valence-corrected chi connectivity index (χ4v) is 5.76. The normalized spacial score (nSPS) is 20.3. The molecule has 5 N–H and O–H groups in total. The average molecular weight is 602 g/mol. The standard InChI is InChI=1S/C28H51N5O9/c1-17(2)22(26(37)38)31-10-8-30(20(7)25(36)29-16-21(34)35)9-11-32(23(18(3)4)27(39)40)13-15-33(14-12-31)24(19(5)6)28(41)42/h17-20,22-24H,8-16H2,1-7H3,(H,29,36)(H,34,35)(H,37,38)(H,39,40)(H,41,42). The lowest BCUT2D eigenvalue weighted by molar-refractivity contribution is -0.149. The first kappa shape index (κ1) is 37.2. The number of aliphatic carboxylic acids is 4. The Kier molecular flexibility index (Phi) is 15.4. The molecular formula is C28H51N5O9. The molecule has 42 heavy (non-hydrogen) atoms. The number of nitrogens with one attached hydrogen (secondary N) is 1. The van der Waals surface area contributed by atoms with Gasteiger partial charge in [0.15, 0.2) is 0 Å². The lowest BCUT2D eigenvalue weighted by atomic mass is 10.00. The molecule has 0 spiro atoms. The SMILES string of the molecule is CC(C)C(C(=O)O)N1CCN(C(C)C(=O)NCC(=O)O)CCN(C(C(=O)O)C(C)C)CCN(C(C(=O)O)C(C)C)CC1. The largest absolute Gasteiger partial charge is 0.480 e. The van der Waals surface area contributed by atoms with E-state index in [9.17, 15) is 39.3 Å². The molecule has 0 bridgehead atoms. The summed E-state index contributed by atoms with van der Waals surface area (Å²) in [6, 6.07) is -3.34. The summed E-state index contributed by atoms with van der Waals surface area (Å²) >= 11 is 0. The quantitative estimate of drug-likeness (QED) is 0.191. The molecule has 1 amide bonds. The average Bonchev–Trinajstić information content (AvgIpc) is 2.84. The molecule has 0 aromatic heterocycles. The maximum atomic E-state index is 12.8. The van der Waals surface area contributed by atoms with Crippen molar-refractivity contribution in [3.8, 4) is 0 Å². The molecule has 0 radical (unpaired) electrons. The molecule has 0 saturated carbocycles. The van der Waals surface area contributed by atoms with E-state index < -0.39 is 60.5 Å². The van der Waals surface area contributed by atoms with Crippen LogP contribution >= 0.6 is 0 Å². The van der Waals surface area contributed by atoms with Gasteiger partial charge in [-0.3, -0.25) is 43.6 Å². The van der Waals surface area contributed by atoms with Crippen LogP contribution in [0.15, 0.2) is 0 Å². The van der Waals surface area contributed by atoms with Crippen molar-refractivity contribution in [2.45, 2.75) is 72.6 Å². The van der Waals surface area contributed by atoms with Gasteiger partial charge in [0.25, 0.3) is 0 Å². The zero-order valence-electron chi connectivity index (χ0n) is 26.0. The molecule has 1 heterocycles. The Labute approximate surface area is 248 Å². The summed E-state index contributed by atoms with van der Waals surface area (Å²) in [4.78, 5) is 68.0. The second kappa shape index (κ2) is 17.3. The van der Waals surface area contributed by atoms with E-state index in [1.54, 1.807) is 49.3 Å². The van der Waals surface area contributed by atoms with Gasteiger partial charge in [-0.25, -0.2) is 0 Å². The molecule has 0 aliphatic carbocycles. The van der Waals surface area contributed by atoms with E-state index in [-0.39, 0.29) is 70.1 Å². The Morgan fingerprint density at radius 2 is 0.786 bits per heavy atom. The zero-order valence-corrected chi connectivity index (χ0v) is 26.0. The maximum absolute atomic E-state index is 12.8. The highest BCUT2D eigenvalue weighted by Crippen LogP contribution is 2.18. The third-order valence-electron chi connectivity index (χ3n) is 7.87. The van der Waals surface area contributed by atoms with Gasteiger partial charge in [0, 0.05) is 52.4 Å². The molecule has 4 atom stereocenters. The zero-order chi connectivity index (χ0) is 32.3. The summed E-state index contributed by atoms with van der Waals surface area (Å²) in [7, 11) is 0. The van der Waals surface area contributed by atoms with E-state index in [0.29, 0.717) is 0 Å². The van der Waals surface area contributed by atoms with Gasteiger partial charge in [-0.15, -0.1) is 0 Å². The molecule has 1 aliphatic heterocycles. The summed E-state index contributed by atoms with van der Waals surface area (Å²) in [6.07, 6.45) is 0. The Bertz CT molecular complexity index is 887. The number of carbonyl (C=O) groups is 5. The lowest BCUT2D eigenvalue weighted by Crippen LogP contribution is -2.58. The first-order valence-corrected chi connectivity index (χ1v) is 14.6. The number of hydrogen-bond donors (Lipinski definition) is 5. The molecule has 14 heteroatoms. The predicted octanol–water partition coefficient (Wildman–Crippen LogP) is 0.125. The minimum atomic E-state index is -1.19. The molecule has 242 valence electrons. The second-order valence-corrected chi connectivity index (χ2v) is 12.0. The number of hydrogen-bond acceptors (Lipinski definition) is 9. The molecular weight excluding hydrogens is 550 g/mol. The number of carbonyl (C=O) groups excluding carboxylic acids is 1. The molecule has 1 aliphatic rings. The number of carboxylic acids is 4. The first-order chi connectivity index (χ1) is 19.5. The summed E-state index contributed by atoms with van der Waals surface area (Å²) in [6.45, 7) is 13.9. The van der Waals surface area contributed by atoms with Crippen LogP contribution in [0.4, 0.5) is 0 Å². The molecule has 0 aromatic carbocycles. The second-order valence-electron chi connectivity index (χ2n) is 12.0. The summed E-state index contributed by atoms with van der Waals surface area (Å²) in [5.74, 6) is -5.47. The van der Waals surface area contributed by atoms with Gasteiger partial charge in [0.1, 0.15) is 24.7 Å². The van der Waals surface area contributed by atoms with Crippen LogP contribution in [0.3, 0.4) is 0 Å². The fraction of sp³-hybridized carbons (Fsp3) is 0.821. The Balaban J connectivity index is 3.55. The van der Waals surface area contributed by atoms with Crippen LogP contribution in [0.5, 0.6) is 0 Å². The minimum absolute atomic E-state index is 0.242. The van der Waals surface area contributed by atoms with Crippen LogP contribution in [-0.4, -0.2) is 153 Å². The molecule has 0 aromatic rings. The van der Waals surface area contributed by atoms with E-state index in [1.807, 2.05) is 18.7 Å². The van der Waals surface area contributed by atoms with E-state index in [1.165, 1.54) is 0 Å². The van der Waals surface area contributed by atoms with Crippen LogP contribution in [-0.2, 0) is 24.0 Å². The fourth-order valence-electron chi connectivity index (χ4n) is 5.76. The number of rotatable bonds is 13. The molecule has 1 rings (SSSR count). The van der Waals surface area contributed by atoms with Gasteiger partial charge in [-0.1, -0.05) is 41.5 Å². The van der Waals surface area contributed by atoms with Crippen LogP contribution in [0.25, 0.3) is 0 Å². The summed E-state index contributed by atoms with van der Waals surface area (Å²) < 4.78 is 0.